The normalized spacial score (nSPS) is 11.2. The van der Waals surface area contributed by atoms with Crippen LogP contribution in [0, 0.1) is 0 Å². The average Bonchev–Trinajstić information content (AvgIpc) is 2.77. The molecule has 0 atom stereocenters. The van der Waals surface area contributed by atoms with Gasteiger partial charge in [0.05, 0.1) is 6.61 Å². The van der Waals surface area contributed by atoms with Crippen LogP contribution in [0.15, 0.2) is 53.7 Å². The highest BCUT2D eigenvalue weighted by Crippen LogP contribution is 2.14. The third kappa shape index (κ3) is 7.99. The molecule has 0 unspecified atom stereocenters. The third-order valence-electron chi connectivity index (χ3n) is 4.45. The molecule has 2 rings (SSSR count). The van der Waals surface area contributed by atoms with E-state index in [0.717, 1.165) is 37.6 Å². The molecule has 0 radical (unpaired) electrons. The second-order valence-electron chi connectivity index (χ2n) is 6.43. The van der Waals surface area contributed by atoms with Gasteiger partial charge in [-0.15, -0.1) is 0 Å². The minimum atomic E-state index is 0.475. The van der Waals surface area contributed by atoms with Crippen LogP contribution < -0.4 is 20.3 Å². The van der Waals surface area contributed by atoms with Crippen molar-refractivity contribution in [2.45, 2.75) is 19.9 Å². The van der Waals surface area contributed by atoms with Crippen LogP contribution in [0.3, 0.4) is 0 Å². The van der Waals surface area contributed by atoms with Crippen molar-refractivity contribution in [3.63, 3.8) is 0 Å². The van der Waals surface area contributed by atoms with E-state index in [-0.39, 0.29) is 0 Å². The van der Waals surface area contributed by atoms with E-state index in [4.69, 9.17) is 9.47 Å². The molecule has 0 saturated carbocycles. The number of benzene rings is 1. The van der Waals surface area contributed by atoms with Gasteiger partial charge in [-0.1, -0.05) is 24.3 Å². The van der Waals surface area contributed by atoms with Gasteiger partial charge in [0.2, 0.25) is 5.88 Å². The van der Waals surface area contributed by atoms with Crippen molar-refractivity contribution in [3.8, 4) is 5.88 Å². The van der Waals surface area contributed by atoms with Gasteiger partial charge in [-0.3, -0.25) is 4.99 Å². The number of aliphatic imine (C=N–C) groups is 1. The summed E-state index contributed by atoms with van der Waals surface area (Å²) < 4.78 is 10.7. The molecule has 7 nitrogen and oxygen atoms in total. The summed E-state index contributed by atoms with van der Waals surface area (Å²) in [6.45, 7) is 6.59. The molecule has 0 aliphatic rings. The maximum atomic E-state index is 5.68. The number of guanidine groups is 1. The Morgan fingerprint density at radius 3 is 2.66 bits per heavy atom. The SMILES string of the molecule is CCN(CCCNC(=NC)NCc1cccnc1OCCOC)c1ccccc1. The Morgan fingerprint density at radius 1 is 1.10 bits per heavy atom. The lowest BCUT2D eigenvalue weighted by molar-refractivity contribution is 0.143. The van der Waals surface area contributed by atoms with Crippen molar-refractivity contribution in [1.29, 1.82) is 0 Å². The van der Waals surface area contributed by atoms with E-state index < -0.39 is 0 Å². The predicted octanol–water partition coefficient (Wildman–Crippen LogP) is 2.69. The summed E-state index contributed by atoms with van der Waals surface area (Å²) in [6.07, 6.45) is 2.74. The molecule has 0 bridgehead atoms. The van der Waals surface area contributed by atoms with Crippen molar-refractivity contribution in [2.75, 3.05) is 51.9 Å². The summed E-state index contributed by atoms with van der Waals surface area (Å²) in [5.74, 6) is 1.38. The first-order valence-corrected chi connectivity index (χ1v) is 10.1. The predicted molar refractivity (Wildman–Crippen MR) is 119 cm³/mol. The third-order valence-corrected chi connectivity index (χ3v) is 4.45. The van der Waals surface area contributed by atoms with Gasteiger partial charge in [-0.25, -0.2) is 4.98 Å². The zero-order valence-corrected chi connectivity index (χ0v) is 17.7. The van der Waals surface area contributed by atoms with E-state index in [1.54, 1.807) is 20.4 Å². The summed E-state index contributed by atoms with van der Waals surface area (Å²) in [5, 5.41) is 6.70. The molecule has 0 fully saturated rings. The summed E-state index contributed by atoms with van der Waals surface area (Å²) in [5.41, 5.74) is 2.24. The zero-order valence-electron chi connectivity index (χ0n) is 17.7. The topological polar surface area (TPSA) is 71.0 Å². The number of ether oxygens (including phenoxy) is 2. The van der Waals surface area contributed by atoms with Gasteiger partial charge < -0.3 is 25.0 Å². The van der Waals surface area contributed by atoms with Crippen molar-refractivity contribution in [3.05, 3.63) is 54.2 Å². The van der Waals surface area contributed by atoms with Crippen molar-refractivity contribution in [1.82, 2.24) is 15.6 Å². The average molecular weight is 400 g/mol. The van der Waals surface area contributed by atoms with E-state index in [1.807, 2.05) is 18.2 Å². The monoisotopic (exact) mass is 399 g/mol. The fourth-order valence-electron chi connectivity index (χ4n) is 2.90. The Labute approximate surface area is 174 Å². The lowest BCUT2D eigenvalue weighted by Crippen LogP contribution is -2.38. The summed E-state index contributed by atoms with van der Waals surface area (Å²) >= 11 is 0. The summed E-state index contributed by atoms with van der Waals surface area (Å²) in [6, 6.07) is 14.4. The highest BCUT2D eigenvalue weighted by atomic mass is 16.5. The summed E-state index contributed by atoms with van der Waals surface area (Å²) in [7, 11) is 3.43. The molecule has 2 N–H and O–H groups in total. The lowest BCUT2D eigenvalue weighted by Gasteiger charge is -2.23. The maximum absolute atomic E-state index is 5.68. The standard InChI is InChI=1S/C22H33N5O2/c1-4-27(20-11-6-5-7-12-20)15-9-14-25-22(23-2)26-18-19-10-8-13-24-21(19)29-17-16-28-3/h5-8,10-13H,4,9,14-18H2,1-3H3,(H2,23,25,26). The molecular weight excluding hydrogens is 366 g/mol. The number of hydrogen-bond donors (Lipinski definition) is 2. The maximum Gasteiger partial charge on any atom is 0.218 e. The first kappa shape index (κ1) is 22.5. The second kappa shape index (κ2) is 13.4. The smallest absolute Gasteiger partial charge is 0.218 e. The quantitative estimate of drug-likeness (QED) is 0.325. The highest BCUT2D eigenvalue weighted by Gasteiger charge is 2.07. The van der Waals surface area contributed by atoms with Gasteiger partial charge in [-0.05, 0) is 31.5 Å². The first-order valence-electron chi connectivity index (χ1n) is 10.1. The lowest BCUT2D eigenvalue weighted by atomic mass is 10.2. The molecule has 1 heterocycles. The van der Waals surface area contributed by atoms with Gasteiger partial charge in [0.15, 0.2) is 5.96 Å². The minimum Gasteiger partial charge on any atom is -0.475 e. The number of hydrogen-bond acceptors (Lipinski definition) is 5. The molecule has 0 saturated heterocycles. The number of anilines is 1. The van der Waals surface area contributed by atoms with Crippen LogP contribution in [0.25, 0.3) is 0 Å². The second-order valence-corrected chi connectivity index (χ2v) is 6.43. The van der Waals surface area contributed by atoms with Crippen molar-refractivity contribution >= 4 is 11.6 Å². The number of aromatic nitrogens is 1. The molecule has 1 aromatic heterocycles. The Kier molecular flexibility index (Phi) is 10.4. The van der Waals surface area contributed by atoms with Gasteiger partial charge in [0.1, 0.15) is 6.61 Å². The molecule has 2 aromatic rings. The van der Waals surface area contributed by atoms with Crippen molar-refractivity contribution < 1.29 is 9.47 Å². The number of rotatable bonds is 12. The van der Waals surface area contributed by atoms with E-state index in [0.29, 0.717) is 25.6 Å². The first-order chi connectivity index (χ1) is 14.3. The van der Waals surface area contributed by atoms with Crippen LogP contribution in [0.5, 0.6) is 5.88 Å². The molecule has 0 amide bonds. The van der Waals surface area contributed by atoms with Crippen LogP contribution in [-0.4, -0.2) is 57.9 Å². The molecular formula is C22H33N5O2. The minimum absolute atomic E-state index is 0.475. The van der Waals surface area contributed by atoms with Crippen LogP contribution in [0.1, 0.15) is 18.9 Å². The van der Waals surface area contributed by atoms with E-state index in [2.05, 4.69) is 56.7 Å². The van der Waals surface area contributed by atoms with Crippen molar-refractivity contribution in [2.24, 2.45) is 4.99 Å². The highest BCUT2D eigenvalue weighted by molar-refractivity contribution is 5.79. The Bertz CT molecular complexity index is 724. The number of pyridine rings is 1. The zero-order chi connectivity index (χ0) is 20.7. The fourth-order valence-corrected chi connectivity index (χ4v) is 2.90. The number of para-hydroxylation sites is 1. The molecule has 0 aliphatic carbocycles. The van der Waals surface area contributed by atoms with Crippen LogP contribution in [0.4, 0.5) is 5.69 Å². The number of methoxy groups -OCH3 is 1. The fraction of sp³-hybridized carbons (Fsp3) is 0.455. The largest absolute Gasteiger partial charge is 0.475 e. The van der Waals surface area contributed by atoms with Gasteiger partial charge >= 0.3 is 0 Å². The Morgan fingerprint density at radius 2 is 1.93 bits per heavy atom. The van der Waals surface area contributed by atoms with E-state index >= 15 is 0 Å². The van der Waals surface area contributed by atoms with E-state index in [9.17, 15) is 0 Å². The molecule has 0 spiro atoms. The summed E-state index contributed by atoms with van der Waals surface area (Å²) in [4.78, 5) is 11.0. The molecule has 0 aliphatic heterocycles. The van der Waals surface area contributed by atoms with Gasteiger partial charge in [-0.2, -0.15) is 0 Å². The van der Waals surface area contributed by atoms with Crippen LogP contribution in [-0.2, 0) is 11.3 Å². The van der Waals surface area contributed by atoms with Gasteiger partial charge in [0.25, 0.3) is 0 Å². The number of nitrogens with one attached hydrogen (secondary N) is 2. The van der Waals surface area contributed by atoms with Gasteiger partial charge in [0, 0.05) is 57.8 Å². The Hall–Kier alpha value is -2.80. The number of nitrogens with zero attached hydrogens (tertiary/aromatic N) is 3. The molecule has 7 heteroatoms. The Balaban J connectivity index is 1.76. The van der Waals surface area contributed by atoms with E-state index in [1.165, 1.54) is 5.69 Å². The van der Waals surface area contributed by atoms with Crippen LogP contribution in [0.2, 0.25) is 0 Å². The molecule has 158 valence electrons. The molecule has 29 heavy (non-hydrogen) atoms. The van der Waals surface area contributed by atoms with Crippen LogP contribution >= 0.6 is 0 Å². The molecule has 1 aromatic carbocycles.